The molecule has 0 aliphatic carbocycles. The Labute approximate surface area is 331 Å². The molecule has 1 aliphatic heterocycles. The first-order valence-corrected chi connectivity index (χ1v) is 20.0. The summed E-state index contributed by atoms with van der Waals surface area (Å²) < 4.78 is 11.8. The molecule has 6 heteroatoms. The molecule has 3 aromatic heterocycles. The van der Waals surface area contributed by atoms with Crippen LogP contribution in [0.1, 0.15) is 22.9 Å². The number of aliphatic imine (C=N–C) groups is 2. The fraction of sp³-hybridized carbons (Fsp3) is 0.0196. The number of fused-ring (bicyclic) bond motifs is 9. The minimum absolute atomic E-state index is 0.308. The van der Waals surface area contributed by atoms with Gasteiger partial charge in [0.05, 0.1) is 22.3 Å². The summed E-state index contributed by atoms with van der Waals surface area (Å²) in [5, 5.41) is 10.7. The molecule has 0 bridgehead atoms. The molecule has 8 aromatic carbocycles. The van der Waals surface area contributed by atoms with E-state index >= 15 is 0 Å². The van der Waals surface area contributed by atoms with Gasteiger partial charge in [-0.25, -0.2) is 9.98 Å². The zero-order valence-electron chi connectivity index (χ0n) is 30.6. The normalized spacial score (nSPS) is 14.5. The highest BCUT2D eigenvalue weighted by Crippen LogP contribution is 2.47. The second-order valence-electron chi connectivity index (χ2n) is 14.5. The maximum absolute atomic E-state index is 6.87. The van der Waals surface area contributed by atoms with Gasteiger partial charge in [-0.15, -0.1) is 11.3 Å². The number of para-hydroxylation sites is 3. The molecule has 0 spiro atoms. The summed E-state index contributed by atoms with van der Waals surface area (Å²) in [6.07, 6.45) is -0.308. The van der Waals surface area contributed by atoms with E-state index in [0.717, 1.165) is 50.0 Å². The maximum Gasteiger partial charge on any atom is 0.163 e. The lowest BCUT2D eigenvalue weighted by molar-refractivity contribution is 0.663. The van der Waals surface area contributed by atoms with Gasteiger partial charge in [-0.1, -0.05) is 140 Å². The molecule has 57 heavy (non-hydrogen) atoms. The van der Waals surface area contributed by atoms with Gasteiger partial charge in [0.25, 0.3) is 0 Å². The third-order valence-electron chi connectivity index (χ3n) is 11.3. The van der Waals surface area contributed by atoms with Crippen LogP contribution >= 0.6 is 11.3 Å². The zero-order valence-corrected chi connectivity index (χ0v) is 31.4. The van der Waals surface area contributed by atoms with E-state index in [1.54, 1.807) is 0 Å². The van der Waals surface area contributed by atoms with Crippen molar-refractivity contribution in [3.63, 3.8) is 0 Å². The molecule has 5 nitrogen and oxygen atoms in total. The van der Waals surface area contributed by atoms with Crippen molar-refractivity contribution in [2.45, 2.75) is 6.17 Å². The summed E-state index contributed by atoms with van der Waals surface area (Å²) in [5.41, 5.74) is 10.4. The predicted molar refractivity (Wildman–Crippen MR) is 238 cm³/mol. The van der Waals surface area contributed by atoms with Crippen molar-refractivity contribution in [1.29, 1.82) is 0 Å². The Bertz CT molecular complexity index is 3390. The highest BCUT2D eigenvalue weighted by atomic mass is 32.1. The van der Waals surface area contributed by atoms with Gasteiger partial charge < -0.3 is 14.3 Å². The molecule has 12 rings (SSSR count). The summed E-state index contributed by atoms with van der Waals surface area (Å²) in [4.78, 5) is 10.3. The number of amidine groups is 2. The van der Waals surface area contributed by atoms with E-state index in [2.05, 4.69) is 155 Å². The Hall–Kier alpha value is -7.28. The van der Waals surface area contributed by atoms with Gasteiger partial charge >= 0.3 is 0 Å². The van der Waals surface area contributed by atoms with Crippen LogP contribution in [0.15, 0.2) is 196 Å². The van der Waals surface area contributed by atoms with Gasteiger partial charge in [-0.3, -0.25) is 0 Å². The predicted octanol–water partition coefficient (Wildman–Crippen LogP) is 13.2. The lowest BCUT2D eigenvalue weighted by Crippen LogP contribution is -2.33. The summed E-state index contributed by atoms with van der Waals surface area (Å²) in [6.45, 7) is 0. The summed E-state index contributed by atoms with van der Waals surface area (Å²) >= 11 is 1.85. The first-order chi connectivity index (χ1) is 28.3. The summed E-state index contributed by atoms with van der Waals surface area (Å²) in [6, 6.07) is 64.3. The topological polar surface area (TPSA) is 54.8 Å². The molecule has 1 atom stereocenters. The number of hydrogen-bond donors (Lipinski definition) is 1. The molecule has 1 N–H and O–H groups in total. The van der Waals surface area contributed by atoms with E-state index in [1.165, 1.54) is 53.2 Å². The standard InChI is InChI=1S/C51H32N4OS/c1-3-15-31(16-4-1)49-52-50(32-17-5-2-6-18-32)54-51(53-49)38-24-11-23-37-45-35(21-12-28-42(45)56-48(37)38)36-22-13-29-43-46(36)47-41(27-14-30-44(47)57-43)55-39-25-9-7-19-33(39)34-20-8-10-26-40(34)55/h1-30,49H,(H,52,53,54). The molecule has 0 radical (unpaired) electrons. The number of aromatic nitrogens is 1. The van der Waals surface area contributed by atoms with Gasteiger partial charge in [-0.2, -0.15) is 0 Å². The van der Waals surface area contributed by atoms with Gasteiger partial charge in [0.1, 0.15) is 23.2 Å². The number of benzene rings is 8. The minimum Gasteiger partial charge on any atom is -0.455 e. The molecule has 1 aliphatic rings. The van der Waals surface area contributed by atoms with E-state index in [0.29, 0.717) is 5.84 Å². The third-order valence-corrected chi connectivity index (χ3v) is 12.4. The quantitative estimate of drug-likeness (QED) is 0.191. The Morgan fingerprint density at radius 1 is 0.509 bits per heavy atom. The van der Waals surface area contributed by atoms with Gasteiger partial charge in [-0.05, 0) is 59.2 Å². The van der Waals surface area contributed by atoms with E-state index in [-0.39, 0.29) is 6.17 Å². The molecule has 11 aromatic rings. The van der Waals surface area contributed by atoms with E-state index < -0.39 is 0 Å². The SMILES string of the molecule is c1ccc(C2=NC(c3cccc4c3oc3cccc(-c5cccc6sc7cccc(-n8c9ccccc9c9ccccc98)c7c56)c34)=NC(c3ccccc3)N2)cc1. The highest BCUT2D eigenvalue weighted by molar-refractivity contribution is 7.26. The number of furan rings is 1. The largest absolute Gasteiger partial charge is 0.455 e. The van der Waals surface area contributed by atoms with Crippen molar-refractivity contribution >= 4 is 86.9 Å². The highest BCUT2D eigenvalue weighted by Gasteiger charge is 2.25. The van der Waals surface area contributed by atoms with Crippen LogP contribution in [0.25, 0.3) is 80.7 Å². The van der Waals surface area contributed by atoms with Crippen LogP contribution in [0.4, 0.5) is 0 Å². The number of hydrogen-bond acceptors (Lipinski definition) is 5. The van der Waals surface area contributed by atoms with Crippen molar-refractivity contribution < 1.29 is 4.42 Å². The monoisotopic (exact) mass is 748 g/mol. The first-order valence-electron chi connectivity index (χ1n) is 19.2. The second-order valence-corrected chi connectivity index (χ2v) is 15.6. The molecular weight excluding hydrogens is 717 g/mol. The van der Waals surface area contributed by atoms with Crippen molar-refractivity contribution in [3.05, 3.63) is 199 Å². The molecule has 4 heterocycles. The van der Waals surface area contributed by atoms with Crippen LogP contribution in [0.3, 0.4) is 0 Å². The lowest BCUT2D eigenvalue weighted by atomic mass is 9.94. The number of rotatable bonds is 5. The fourth-order valence-electron chi connectivity index (χ4n) is 8.81. The van der Waals surface area contributed by atoms with Gasteiger partial charge in [0, 0.05) is 47.3 Å². The Morgan fingerprint density at radius 2 is 1.11 bits per heavy atom. The van der Waals surface area contributed by atoms with E-state index in [9.17, 15) is 0 Å². The van der Waals surface area contributed by atoms with Gasteiger partial charge in [0.2, 0.25) is 0 Å². The molecule has 0 fully saturated rings. The van der Waals surface area contributed by atoms with Crippen LogP contribution in [0, 0.1) is 0 Å². The number of thiophene rings is 1. The zero-order chi connectivity index (χ0) is 37.5. The molecule has 0 amide bonds. The molecule has 1 unspecified atom stereocenters. The molecule has 268 valence electrons. The van der Waals surface area contributed by atoms with Gasteiger partial charge in [0.15, 0.2) is 5.84 Å². The van der Waals surface area contributed by atoms with Crippen LogP contribution in [-0.4, -0.2) is 16.2 Å². The van der Waals surface area contributed by atoms with Crippen LogP contribution < -0.4 is 5.32 Å². The van der Waals surface area contributed by atoms with Crippen molar-refractivity contribution in [1.82, 2.24) is 9.88 Å². The Kier molecular flexibility index (Phi) is 7.09. The number of nitrogens with one attached hydrogen (secondary N) is 1. The lowest BCUT2D eigenvalue weighted by Gasteiger charge is -2.23. The third kappa shape index (κ3) is 4.94. The van der Waals surface area contributed by atoms with E-state index in [4.69, 9.17) is 14.4 Å². The maximum atomic E-state index is 6.87. The van der Waals surface area contributed by atoms with Crippen LogP contribution in [-0.2, 0) is 0 Å². The average molecular weight is 749 g/mol. The summed E-state index contributed by atoms with van der Waals surface area (Å²) in [7, 11) is 0. The van der Waals surface area contributed by atoms with Crippen molar-refractivity contribution in [2.75, 3.05) is 0 Å². The Morgan fingerprint density at radius 3 is 1.88 bits per heavy atom. The van der Waals surface area contributed by atoms with E-state index in [1.807, 2.05) is 47.7 Å². The molecular formula is C51H32N4OS. The van der Waals surface area contributed by atoms with Crippen LogP contribution in [0.2, 0.25) is 0 Å². The number of nitrogens with zero attached hydrogens (tertiary/aromatic N) is 3. The molecule has 0 saturated heterocycles. The first kappa shape index (κ1) is 32.0. The minimum atomic E-state index is -0.308. The van der Waals surface area contributed by atoms with Crippen molar-refractivity contribution in [3.8, 4) is 16.8 Å². The molecule has 0 saturated carbocycles. The smallest absolute Gasteiger partial charge is 0.163 e. The van der Waals surface area contributed by atoms with Crippen LogP contribution in [0.5, 0.6) is 0 Å². The fourth-order valence-corrected chi connectivity index (χ4v) is 9.96. The Balaban J connectivity index is 1.09. The summed E-state index contributed by atoms with van der Waals surface area (Å²) in [5.74, 6) is 1.41. The average Bonchev–Trinajstić information content (AvgIpc) is 3.97. The van der Waals surface area contributed by atoms with Crippen molar-refractivity contribution in [2.24, 2.45) is 9.98 Å². The second kappa shape index (κ2) is 12.6.